The number of alkyl halides is 2. The number of nitrogens with one attached hydrogen (secondary N) is 1. The highest BCUT2D eigenvalue weighted by Gasteiger charge is 2.43. The number of nitrogen functional groups attached to an aromatic ring is 1. The van der Waals surface area contributed by atoms with Gasteiger partial charge in [-0.3, -0.25) is 0 Å². The second kappa shape index (κ2) is 4.22. The topological polar surface area (TPSA) is 56.5 Å². The summed E-state index contributed by atoms with van der Waals surface area (Å²) in [6.07, 6.45) is -3.67. The molecule has 0 bridgehead atoms. The highest BCUT2D eigenvalue weighted by Crippen LogP contribution is 2.42. The number of anilines is 3. The van der Waals surface area contributed by atoms with E-state index in [9.17, 15) is 13.2 Å². The van der Waals surface area contributed by atoms with Crippen molar-refractivity contribution in [2.45, 2.75) is 6.29 Å². The molecule has 4 nitrogen and oxygen atoms in total. The van der Waals surface area contributed by atoms with Crippen molar-refractivity contribution < 1.29 is 22.6 Å². The Morgan fingerprint density at radius 2 is 1.80 bits per heavy atom. The minimum absolute atomic E-state index is 0.0597. The van der Waals surface area contributed by atoms with E-state index in [1.165, 1.54) is 30.3 Å². The molecule has 2 aromatic carbocycles. The number of nitrogens with two attached hydrogens (primary N) is 1. The predicted molar refractivity (Wildman–Crippen MR) is 66.7 cm³/mol. The first-order valence-electron chi connectivity index (χ1n) is 5.65. The Balaban J connectivity index is 1.89. The van der Waals surface area contributed by atoms with Crippen LogP contribution < -0.4 is 20.5 Å². The van der Waals surface area contributed by atoms with Gasteiger partial charge in [-0.25, -0.2) is 4.39 Å². The fourth-order valence-electron chi connectivity index (χ4n) is 1.83. The van der Waals surface area contributed by atoms with Crippen LogP contribution in [0.1, 0.15) is 0 Å². The molecule has 0 saturated carbocycles. The van der Waals surface area contributed by atoms with Crippen LogP contribution >= 0.6 is 0 Å². The molecule has 0 unspecified atom stereocenters. The van der Waals surface area contributed by atoms with Gasteiger partial charge in [-0.15, -0.1) is 8.78 Å². The second-order valence-corrected chi connectivity index (χ2v) is 4.16. The third-order valence-electron chi connectivity index (χ3n) is 2.73. The van der Waals surface area contributed by atoms with Gasteiger partial charge in [-0.05, 0) is 24.3 Å². The first kappa shape index (κ1) is 12.5. The fraction of sp³-hybridized carbons (Fsp3) is 0.0769. The average molecular weight is 282 g/mol. The Morgan fingerprint density at radius 3 is 2.60 bits per heavy atom. The van der Waals surface area contributed by atoms with Crippen molar-refractivity contribution >= 4 is 17.1 Å². The number of rotatable bonds is 2. The first-order chi connectivity index (χ1) is 9.44. The van der Waals surface area contributed by atoms with Gasteiger partial charge < -0.3 is 20.5 Å². The van der Waals surface area contributed by atoms with Gasteiger partial charge >= 0.3 is 6.29 Å². The Kier molecular flexibility index (Phi) is 2.63. The standard InChI is InChI=1S/C13H9F3N2O2/c14-8-2-1-3-9(12(8)17)18-7-4-5-10-11(6-7)20-13(15,16)19-10/h1-6,18H,17H2. The molecule has 0 aromatic heterocycles. The van der Waals surface area contributed by atoms with Crippen molar-refractivity contribution in [1.82, 2.24) is 0 Å². The normalized spacial score (nSPS) is 15.2. The summed E-state index contributed by atoms with van der Waals surface area (Å²) in [6.45, 7) is 0. The highest BCUT2D eigenvalue weighted by atomic mass is 19.3. The van der Waals surface area contributed by atoms with Crippen LogP contribution in [-0.4, -0.2) is 6.29 Å². The number of fused-ring (bicyclic) bond motifs is 1. The monoisotopic (exact) mass is 282 g/mol. The molecule has 2 aromatic rings. The molecule has 0 atom stereocenters. The van der Waals surface area contributed by atoms with Gasteiger partial charge in [0, 0.05) is 11.8 Å². The molecule has 1 heterocycles. The highest BCUT2D eigenvalue weighted by molar-refractivity contribution is 5.74. The van der Waals surface area contributed by atoms with Gasteiger partial charge in [0.05, 0.1) is 11.4 Å². The number of benzene rings is 2. The third-order valence-corrected chi connectivity index (χ3v) is 2.73. The van der Waals surface area contributed by atoms with Crippen molar-refractivity contribution in [3.05, 3.63) is 42.2 Å². The number of hydrogen-bond acceptors (Lipinski definition) is 4. The van der Waals surface area contributed by atoms with E-state index < -0.39 is 12.1 Å². The van der Waals surface area contributed by atoms with Crippen LogP contribution in [0.15, 0.2) is 36.4 Å². The molecule has 3 rings (SSSR count). The Hall–Kier alpha value is -2.57. The predicted octanol–water partition coefficient (Wildman–Crippen LogP) is 3.47. The van der Waals surface area contributed by atoms with E-state index >= 15 is 0 Å². The van der Waals surface area contributed by atoms with Crippen LogP contribution in [0.5, 0.6) is 11.5 Å². The molecule has 1 aliphatic heterocycles. The van der Waals surface area contributed by atoms with Crippen molar-refractivity contribution in [2.75, 3.05) is 11.1 Å². The Morgan fingerprint density at radius 1 is 1.05 bits per heavy atom. The van der Waals surface area contributed by atoms with E-state index in [1.54, 1.807) is 6.07 Å². The largest absolute Gasteiger partial charge is 0.586 e. The summed E-state index contributed by atoms with van der Waals surface area (Å²) in [5, 5.41) is 2.82. The van der Waals surface area contributed by atoms with E-state index in [1.807, 2.05) is 0 Å². The fourth-order valence-corrected chi connectivity index (χ4v) is 1.83. The molecular formula is C13H9F3N2O2. The van der Waals surface area contributed by atoms with E-state index in [4.69, 9.17) is 5.73 Å². The zero-order chi connectivity index (χ0) is 14.3. The summed E-state index contributed by atoms with van der Waals surface area (Å²) < 4.78 is 47.7. The minimum Gasteiger partial charge on any atom is -0.395 e. The quantitative estimate of drug-likeness (QED) is 0.828. The van der Waals surface area contributed by atoms with Crippen molar-refractivity contribution in [3.63, 3.8) is 0 Å². The molecule has 0 radical (unpaired) electrons. The van der Waals surface area contributed by atoms with Gasteiger partial charge in [0.25, 0.3) is 0 Å². The van der Waals surface area contributed by atoms with Crippen LogP contribution in [0.2, 0.25) is 0 Å². The van der Waals surface area contributed by atoms with E-state index in [0.717, 1.165) is 0 Å². The lowest BCUT2D eigenvalue weighted by molar-refractivity contribution is -0.286. The van der Waals surface area contributed by atoms with Crippen LogP contribution in [0.4, 0.5) is 30.2 Å². The van der Waals surface area contributed by atoms with Crippen molar-refractivity contribution in [3.8, 4) is 11.5 Å². The molecule has 0 amide bonds. The summed E-state index contributed by atoms with van der Waals surface area (Å²) in [6, 6.07) is 8.41. The first-order valence-corrected chi connectivity index (χ1v) is 5.65. The minimum atomic E-state index is -3.67. The number of para-hydroxylation sites is 1. The van der Waals surface area contributed by atoms with Crippen LogP contribution in [0.25, 0.3) is 0 Å². The summed E-state index contributed by atoms with van der Waals surface area (Å²) in [4.78, 5) is 0. The van der Waals surface area contributed by atoms with Gasteiger partial charge in [0.1, 0.15) is 5.82 Å². The third kappa shape index (κ3) is 2.18. The number of ether oxygens (including phenoxy) is 2. The molecule has 0 saturated heterocycles. The molecule has 0 spiro atoms. The van der Waals surface area contributed by atoms with Crippen molar-refractivity contribution in [2.24, 2.45) is 0 Å². The average Bonchev–Trinajstić information content (AvgIpc) is 2.68. The molecule has 104 valence electrons. The molecular weight excluding hydrogens is 273 g/mol. The van der Waals surface area contributed by atoms with Gasteiger partial charge in [-0.1, -0.05) is 6.07 Å². The van der Waals surface area contributed by atoms with Crippen LogP contribution in [0.3, 0.4) is 0 Å². The molecule has 20 heavy (non-hydrogen) atoms. The van der Waals surface area contributed by atoms with E-state index in [-0.39, 0.29) is 17.2 Å². The van der Waals surface area contributed by atoms with Crippen molar-refractivity contribution in [1.29, 1.82) is 0 Å². The zero-order valence-corrected chi connectivity index (χ0v) is 9.99. The van der Waals surface area contributed by atoms with E-state index in [2.05, 4.69) is 14.8 Å². The smallest absolute Gasteiger partial charge is 0.395 e. The molecule has 7 heteroatoms. The number of hydrogen-bond donors (Lipinski definition) is 2. The molecule has 3 N–H and O–H groups in total. The van der Waals surface area contributed by atoms with Gasteiger partial charge in [0.15, 0.2) is 11.5 Å². The molecule has 1 aliphatic rings. The maximum absolute atomic E-state index is 13.3. The second-order valence-electron chi connectivity index (χ2n) is 4.16. The SMILES string of the molecule is Nc1c(F)cccc1Nc1ccc2c(c1)OC(F)(F)O2. The molecule has 0 fully saturated rings. The summed E-state index contributed by atoms with van der Waals surface area (Å²) in [5.41, 5.74) is 6.26. The Labute approximate surface area is 111 Å². The van der Waals surface area contributed by atoms with Crippen LogP contribution in [-0.2, 0) is 0 Å². The Bertz CT molecular complexity index is 677. The lowest BCUT2D eigenvalue weighted by Gasteiger charge is -2.10. The van der Waals surface area contributed by atoms with Gasteiger partial charge in [-0.2, -0.15) is 0 Å². The summed E-state index contributed by atoms with van der Waals surface area (Å²) in [5.74, 6) is -0.731. The van der Waals surface area contributed by atoms with Gasteiger partial charge in [0.2, 0.25) is 0 Å². The molecule has 0 aliphatic carbocycles. The zero-order valence-electron chi connectivity index (χ0n) is 9.99. The van der Waals surface area contributed by atoms with E-state index in [0.29, 0.717) is 11.4 Å². The summed E-state index contributed by atoms with van der Waals surface area (Å²) >= 11 is 0. The maximum Gasteiger partial charge on any atom is 0.586 e. The number of halogens is 3. The summed E-state index contributed by atoms with van der Waals surface area (Å²) in [7, 11) is 0. The lowest BCUT2D eigenvalue weighted by Crippen LogP contribution is -2.25. The maximum atomic E-state index is 13.3. The lowest BCUT2D eigenvalue weighted by atomic mass is 10.2. The van der Waals surface area contributed by atoms with Crippen LogP contribution in [0, 0.1) is 5.82 Å².